The number of hydrogen-bond donors (Lipinski definition) is 1. The fourth-order valence-electron chi connectivity index (χ4n) is 3.26. The first kappa shape index (κ1) is 13.4. The molecular formula is C14H15Br2NO2. The summed E-state index contributed by atoms with van der Waals surface area (Å²) in [4.78, 5) is 15.2. The molecule has 2 heterocycles. The van der Waals surface area contributed by atoms with Gasteiger partial charge >= 0.3 is 0 Å². The largest absolute Gasteiger partial charge is 0.507 e. The minimum atomic E-state index is -0.0364. The third kappa shape index (κ3) is 2.42. The highest BCUT2D eigenvalue weighted by Gasteiger charge is 2.43. The lowest BCUT2D eigenvalue weighted by Crippen LogP contribution is -2.46. The molecule has 0 saturated carbocycles. The summed E-state index contributed by atoms with van der Waals surface area (Å²) < 4.78 is 0.816. The Morgan fingerprint density at radius 1 is 1.26 bits per heavy atom. The molecule has 1 aromatic carbocycles. The lowest BCUT2D eigenvalue weighted by molar-refractivity contribution is 0.0600. The van der Waals surface area contributed by atoms with E-state index >= 15 is 0 Å². The van der Waals surface area contributed by atoms with Crippen molar-refractivity contribution in [3.05, 3.63) is 28.2 Å². The van der Waals surface area contributed by atoms with E-state index in [0.717, 1.165) is 30.2 Å². The van der Waals surface area contributed by atoms with Crippen molar-refractivity contribution in [1.82, 2.24) is 4.90 Å². The normalized spacial score (nSPS) is 29.6. The van der Waals surface area contributed by atoms with E-state index in [-0.39, 0.29) is 11.7 Å². The molecule has 2 aliphatic rings. The maximum Gasteiger partial charge on any atom is 0.258 e. The van der Waals surface area contributed by atoms with Gasteiger partial charge < -0.3 is 10.0 Å². The summed E-state index contributed by atoms with van der Waals surface area (Å²) in [6.07, 6.45) is 4.18. The molecule has 2 aliphatic heterocycles. The van der Waals surface area contributed by atoms with Crippen molar-refractivity contribution < 1.29 is 9.90 Å². The molecule has 19 heavy (non-hydrogen) atoms. The van der Waals surface area contributed by atoms with Crippen LogP contribution in [0, 0.1) is 0 Å². The van der Waals surface area contributed by atoms with Crippen LogP contribution in [-0.4, -0.2) is 32.8 Å². The molecule has 102 valence electrons. The van der Waals surface area contributed by atoms with Gasteiger partial charge in [-0.15, -0.1) is 0 Å². The number of amides is 1. The molecule has 3 rings (SSSR count). The van der Waals surface area contributed by atoms with Gasteiger partial charge in [0.2, 0.25) is 0 Å². The van der Waals surface area contributed by atoms with Crippen molar-refractivity contribution in [3.63, 3.8) is 0 Å². The Balaban J connectivity index is 1.90. The monoisotopic (exact) mass is 387 g/mol. The summed E-state index contributed by atoms with van der Waals surface area (Å²) in [5.41, 5.74) is 0.402. The average molecular weight is 389 g/mol. The van der Waals surface area contributed by atoms with Crippen LogP contribution in [0.1, 0.15) is 36.0 Å². The van der Waals surface area contributed by atoms with Crippen LogP contribution in [0.4, 0.5) is 0 Å². The third-order valence-corrected chi connectivity index (χ3v) is 5.34. The van der Waals surface area contributed by atoms with Gasteiger partial charge in [0.15, 0.2) is 0 Å². The minimum Gasteiger partial charge on any atom is -0.507 e. The van der Waals surface area contributed by atoms with Gasteiger partial charge in [-0.25, -0.2) is 0 Å². The maximum absolute atomic E-state index is 12.7. The van der Waals surface area contributed by atoms with Crippen LogP contribution in [0.3, 0.4) is 0 Å². The molecule has 2 unspecified atom stereocenters. The summed E-state index contributed by atoms with van der Waals surface area (Å²) >= 11 is 7.03. The SMILES string of the molecule is O=C(c1cc(Br)ccc1O)N1C2CCC1CC(Br)C2. The number of nitrogens with zero attached hydrogens (tertiary/aromatic N) is 1. The summed E-state index contributed by atoms with van der Waals surface area (Å²) in [6, 6.07) is 5.64. The third-order valence-electron chi connectivity index (χ3n) is 4.10. The van der Waals surface area contributed by atoms with Gasteiger partial charge in [-0.05, 0) is 43.9 Å². The van der Waals surface area contributed by atoms with E-state index < -0.39 is 0 Å². The first-order valence-corrected chi connectivity index (χ1v) is 8.22. The topological polar surface area (TPSA) is 40.5 Å². The molecule has 2 fully saturated rings. The Morgan fingerprint density at radius 2 is 1.89 bits per heavy atom. The van der Waals surface area contributed by atoms with Crippen LogP contribution in [0.15, 0.2) is 22.7 Å². The van der Waals surface area contributed by atoms with Crippen molar-refractivity contribution in [2.75, 3.05) is 0 Å². The van der Waals surface area contributed by atoms with Gasteiger partial charge in [0, 0.05) is 21.4 Å². The number of aromatic hydroxyl groups is 1. The average Bonchev–Trinajstić information content (AvgIpc) is 2.64. The number of rotatable bonds is 1. The Kier molecular flexibility index (Phi) is 3.60. The number of phenols is 1. The van der Waals surface area contributed by atoms with Crippen LogP contribution in [0.25, 0.3) is 0 Å². The molecule has 2 bridgehead atoms. The van der Waals surface area contributed by atoms with Gasteiger partial charge in [-0.3, -0.25) is 4.79 Å². The molecule has 2 saturated heterocycles. The molecule has 5 heteroatoms. The first-order chi connectivity index (χ1) is 9.06. The van der Waals surface area contributed by atoms with Crippen molar-refractivity contribution in [1.29, 1.82) is 0 Å². The van der Waals surface area contributed by atoms with E-state index in [1.165, 1.54) is 0 Å². The summed E-state index contributed by atoms with van der Waals surface area (Å²) in [5.74, 6) is 0.0271. The minimum absolute atomic E-state index is 0.0364. The Hall–Kier alpha value is -0.550. The highest BCUT2D eigenvalue weighted by molar-refractivity contribution is 9.10. The fourth-order valence-corrected chi connectivity index (χ4v) is 4.48. The number of carbonyl (C=O) groups is 1. The molecular weight excluding hydrogens is 374 g/mol. The molecule has 3 nitrogen and oxygen atoms in total. The number of fused-ring (bicyclic) bond motifs is 2. The van der Waals surface area contributed by atoms with Gasteiger partial charge in [-0.2, -0.15) is 0 Å². The van der Waals surface area contributed by atoms with E-state index in [1.54, 1.807) is 18.2 Å². The second-order valence-electron chi connectivity index (χ2n) is 5.33. The summed E-state index contributed by atoms with van der Waals surface area (Å²) in [7, 11) is 0. The van der Waals surface area contributed by atoms with E-state index in [4.69, 9.17) is 0 Å². The van der Waals surface area contributed by atoms with E-state index in [9.17, 15) is 9.90 Å². The lowest BCUT2D eigenvalue weighted by Gasteiger charge is -2.37. The van der Waals surface area contributed by atoms with Crippen LogP contribution in [-0.2, 0) is 0 Å². The molecule has 1 N–H and O–H groups in total. The molecule has 0 radical (unpaired) electrons. The molecule has 2 atom stereocenters. The van der Waals surface area contributed by atoms with Crippen LogP contribution in [0.5, 0.6) is 5.75 Å². The first-order valence-electron chi connectivity index (χ1n) is 6.51. The van der Waals surface area contributed by atoms with Crippen molar-refractivity contribution in [3.8, 4) is 5.75 Å². The zero-order chi connectivity index (χ0) is 13.6. The number of phenolic OH excluding ortho intramolecular Hbond substituents is 1. The second kappa shape index (κ2) is 5.09. The van der Waals surface area contributed by atoms with Crippen molar-refractivity contribution in [2.24, 2.45) is 0 Å². The van der Waals surface area contributed by atoms with Gasteiger partial charge in [0.05, 0.1) is 5.56 Å². The predicted molar refractivity (Wildman–Crippen MR) is 80.7 cm³/mol. The molecule has 1 amide bonds. The molecule has 0 aromatic heterocycles. The highest BCUT2D eigenvalue weighted by Crippen LogP contribution is 2.40. The molecule has 0 spiro atoms. The lowest BCUT2D eigenvalue weighted by atomic mass is 10.0. The maximum atomic E-state index is 12.7. The quantitative estimate of drug-likeness (QED) is 0.745. The van der Waals surface area contributed by atoms with E-state index in [1.807, 2.05) is 4.90 Å². The zero-order valence-electron chi connectivity index (χ0n) is 10.4. The standard InChI is InChI=1S/C14H15Br2NO2/c15-8-1-4-13(18)12(7-8)14(19)17-10-2-3-11(17)6-9(16)5-10/h1,4,7,9-11,18H,2-3,5-6H2. The van der Waals surface area contributed by atoms with Gasteiger partial charge in [-0.1, -0.05) is 31.9 Å². The Morgan fingerprint density at radius 3 is 2.53 bits per heavy atom. The van der Waals surface area contributed by atoms with Crippen molar-refractivity contribution >= 4 is 37.8 Å². The number of hydrogen-bond acceptors (Lipinski definition) is 2. The smallest absolute Gasteiger partial charge is 0.258 e. The second-order valence-corrected chi connectivity index (χ2v) is 7.54. The van der Waals surface area contributed by atoms with E-state index in [2.05, 4.69) is 31.9 Å². The summed E-state index contributed by atoms with van der Waals surface area (Å²) in [6.45, 7) is 0. The summed E-state index contributed by atoms with van der Waals surface area (Å²) in [5, 5.41) is 9.90. The zero-order valence-corrected chi connectivity index (χ0v) is 13.5. The number of halogens is 2. The predicted octanol–water partition coefficient (Wildman–Crippen LogP) is 3.69. The Bertz CT molecular complexity index is 506. The van der Waals surface area contributed by atoms with Gasteiger partial charge in [0.1, 0.15) is 5.75 Å². The number of carbonyl (C=O) groups excluding carboxylic acids is 1. The number of piperidine rings is 1. The van der Waals surface area contributed by atoms with Crippen LogP contribution in [0.2, 0.25) is 0 Å². The van der Waals surface area contributed by atoms with Gasteiger partial charge in [0.25, 0.3) is 5.91 Å². The number of alkyl halides is 1. The van der Waals surface area contributed by atoms with E-state index in [0.29, 0.717) is 22.5 Å². The molecule has 1 aromatic rings. The van der Waals surface area contributed by atoms with Crippen molar-refractivity contribution in [2.45, 2.75) is 42.6 Å². The molecule has 0 aliphatic carbocycles. The highest BCUT2D eigenvalue weighted by atomic mass is 79.9. The fraction of sp³-hybridized carbons (Fsp3) is 0.500. The Labute approximate surface area is 129 Å². The van der Waals surface area contributed by atoms with Crippen LogP contribution >= 0.6 is 31.9 Å². The number of benzene rings is 1. The van der Waals surface area contributed by atoms with Crippen LogP contribution < -0.4 is 0 Å².